The maximum atomic E-state index is 5.64. The molecule has 0 radical (unpaired) electrons. The second-order valence-corrected chi connectivity index (χ2v) is 5.34. The molecule has 0 amide bonds. The van der Waals surface area contributed by atoms with Gasteiger partial charge < -0.3 is 10.1 Å². The molecule has 0 atom stereocenters. The van der Waals surface area contributed by atoms with Crippen LogP contribution in [0.4, 0.5) is 5.69 Å². The molecule has 5 heteroatoms. The van der Waals surface area contributed by atoms with Gasteiger partial charge in [-0.25, -0.2) is 0 Å². The van der Waals surface area contributed by atoms with Gasteiger partial charge in [0, 0.05) is 5.69 Å². The summed E-state index contributed by atoms with van der Waals surface area (Å²) < 4.78 is 5.64. The Morgan fingerprint density at radius 1 is 1.14 bits per heavy atom. The third-order valence-corrected chi connectivity index (χ3v) is 2.83. The molecular formula is C17H19N3OS. The zero-order valence-corrected chi connectivity index (χ0v) is 13.4. The van der Waals surface area contributed by atoms with Gasteiger partial charge in [-0.15, -0.1) is 0 Å². The Morgan fingerprint density at radius 2 is 1.91 bits per heavy atom. The molecule has 0 aliphatic carbocycles. The monoisotopic (exact) mass is 313 g/mol. The molecule has 0 aliphatic rings. The van der Waals surface area contributed by atoms with Gasteiger partial charge in [0.15, 0.2) is 5.11 Å². The molecule has 2 N–H and O–H groups in total. The summed E-state index contributed by atoms with van der Waals surface area (Å²) in [7, 11) is 0. The Bertz CT molecular complexity index is 641. The molecule has 2 aromatic carbocycles. The molecule has 0 saturated carbocycles. The highest BCUT2D eigenvalue weighted by atomic mass is 32.1. The Hall–Kier alpha value is -2.40. The summed E-state index contributed by atoms with van der Waals surface area (Å²) in [4.78, 5) is 0. The van der Waals surface area contributed by atoms with Crippen LogP contribution in [0.15, 0.2) is 59.7 Å². The molecule has 2 aromatic rings. The van der Waals surface area contributed by atoms with Crippen molar-refractivity contribution in [3.63, 3.8) is 0 Å². The number of hydrogen-bond acceptors (Lipinski definition) is 3. The lowest BCUT2D eigenvalue weighted by Gasteiger charge is -2.09. The van der Waals surface area contributed by atoms with Crippen molar-refractivity contribution in [1.29, 1.82) is 0 Å². The molecular weight excluding hydrogens is 294 g/mol. The first-order valence-electron chi connectivity index (χ1n) is 7.05. The first-order chi connectivity index (χ1) is 10.6. The van der Waals surface area contributed by atoms with E-state index >= 15 is 0 Å². The topological polar surface area (TPSA) is 45.6 Å². The van der Waals surface area contributed by atoms with Crippen LogP contribution >= 0.6 is 12.2 Å². The van der Waals surface area contributed by atoms with Crippen molar-refractivity contribution in [3.8, 4) is 5.75 Å². The lowest BCUT2D eigenvalue weighted by Crippen LogP contribution is -2.23. The predicted molar refractivity (Wildman–Crippen MR) is 95.6 cm³/mol. The molecule has 4 nitrogen and oxygen atoms in total. The fraction of sp³-hybridized carbons (Fsp3) is 0.176. The summed E-state index contributed by atoms with van der Waals surface area (Å²) in [6.07, 6.45) is 1.85. The number of benzene rings is 2. The van der Waals surface area contributed by atoms with E-state index in [0.717, 1.165) is 17.0 Å². The van der Waals surface area contributed by atoms with Crippen LogP contribution in [0.2, 0.25) is 0 Å². The lowest BCUT2D eigenvalue weighted by molar-refractivity contribution is 0.242. The van der Waals surface area contributed by atoms with E-state index < -0.39 is 0 Å². The van der Waals surface area contributed by atoms with E-state index in [1.54, 1.807) is 6.21 Å². The molecule has 0 spiro atoms. The van der Waals surface area contributed by atoms with E-state index in [9.17, 15) is 0 Å². The van der Waals surface area contributed by atoms with Crippen LogP contribution in [-0.4, -0.2) is 17.4 Å². The minimum Gasteiger partial charge on any atom is -0.491 e. The van der Waals surface area contributed by atoms with Gasteiger partial charge in [-0.1, -0.05) is 30.3 Å². The number of thiocarbonyl (C=S) groups is 1. The van der Waals surface area contributed by atoms with Crippen LogP contribution in [0.25, 0.3) is 0 Å². The lowest BCUT2D eigenvalue weighted by atomic mass is 10.2. The van der Waals surface area contributed by atoms with Crippen LogP contribution in [0.1, 0.15) is 19.4 Å². The van der Waals surface area contributed by atoms with Crippen molar-refractivity contribution in [2.45, 2.75) is 20.0 Å². The molecule has 0 fully saturated rings. The molecule has 0 aliphatic heterocycles. The standard InChI is InChI=1S/C17H19N3OS/c1-13(2)21-16-10-6-7-14(11-16)12-18-20-17(22)19-15-8-4-3-5-9-15/h3-13H,1-2H3,(H2,19,20,22)/b18-12+. The van der Waals surface area contributed by atoms with Crippen molar-refractivity contribution in [2.24, 2.45) is 5.10 Å². The Kier molecular flexibility index (Phi) is 5.91. The van der Waals surface area contributed by atoms with E-state index in [1.807, 2.05) is 68.4 Å². The van der Waals surface area contributed by atoms with E-state index in [-0.39, 0.29) is 6.10 Å². The van der Waals surface area contributed by atoms with Gasteiger partial charge in [0.25, 0.3) is 0 Å². The summed E-state index contributed by atoms with van der Waals surface area (Å²) in [5.74, 6) is 0.823. The number of nitrogens with zero attached hydrogens (tertiary/aromatic N) is 1. The van der Waals surface area contributed by atoms with Gasteiger partial charge in [0.2, 0.25) is 0 Å². The summed E-state index contributed by atoms with van der Waals surface area (Å²) >= 11 is 5.17. The van der Waals surface area contributed by atoms with E-state index in [2.05, 4.69) is 15.8 Å². The average Bonchev–Trinajstić information content (AvgIpc) is 2.48. The zero-order valence-electron chi connectivity index (χ0n) is 12.6. The van der Waals surface area contributed by atoms with Crippen LogP contribution in [0.3, 0.4) is 0 Å². The van der Waals surface area contributed by atoms with Gasteiger partial charge in [0.1, 0.15) is 5.75 Å². The Balaban J connectivity index is 1.88. The Labute approximate surface area is 136 Å². The molecule has 0 unspecified atom stereocenters. The smallest absolute Gasteiger partial charge is 0.191 e. The summed E-state index contributed by atoms with van der Waals surface area (Å²) in [6, 6.07) is 17.4. The first kappa shape index (κ1) is 16.0. The predicted octanol–water partition coefficient (Wildman–Crippen LogP) is 3.79. The summed E-state index contributed by atoms with van der Waals surface area (Å²) in [5, 5.41) is 7.61. The van der Waals surface area contributed by atoms with Crippen LogP contribution in [0, 0.1) is 0 Å². The second-order valence-electron chi connectivity index (χ2n) is 4.93. The highest BCUT2D eigenvalue weighted by molar-refractivity contribution is 7.80. The summed E-state index contributed by atoms with van der Waals surface area (Å²) in [5.41, 5.74) is 4.65. The van der Waals surface area contributed by atoms with Gasteiger partial charge in [-0.2, -0.15) is 5.10 Å². The van der Waals surface area contributed by atoms with E-state index in [0.29, 0.717) is 5.11 Å². The molecule has 22 heavy (non-hydrogen) atoms. The van der Waals surface area contributed by atoms with E-state index in [4.69, 9.17) is 17.0 Å². The quantitative estimate of drug-likeness (QED) is 0.501. The third-order valence-electron chi connectivity index (χ3n) is 2.64. The normalized spacial score (nSPS) is 10.7. The minimum atomic E-state index is 0.146. The van der Waals surface area contributed by atoms with Crippen molar-refractivity contribution < 1.29 is 4.74 Å². The molecule has 0 saturated heterocycles. The zero-order chi connectivity index (χ0) is 15.8. The maximum absolute atomic E-state index is 5.64. The van der Waals surface area contributed by atoms with Crippen molar-refractivity contribution in [1.82, 2.24) is 5.43 Å². The van der Waals surface area contributed by atoms with Gasteiger partial charge in [-0.3, -0.25) is 5.43 Å². The minimum absolute atomic E-state index is 0.146. The van der Waals surface area contributed by atoms with Crippen LogP contribution in [0.5, 0.6) is 5.75 Å². The molecule has 2 rings (SSSR count). The number of ether oxygens (including phenoxy) is 1. The summed E-state index contributed by atoms with van der Waals surface area (Å²) in [6.45, 7) is 3.99. The molecule has 114 valence electrons. The highest BCUT2D eigenvalue weighted by Crippen LogP contribution is 2.13. The fourth-order valence-corrected chi connectivity index (χ4v) is 1.96. The van der Waals surface area contributed by atoms with Gasteiger partial charge in [0.05, 0.1) is 12.3 Å². The molecule has 0 aromatic heterocycles. The van der Waals surface area contributed by atoms with Gasteiger partial charge in [-0.05, 0) is 55.9 Å². The highest BCUT2D eigenvalue weighted by Gasteiger charge is 1.98. The molecule has 0 heterocycles. The van der Waals surface area contributed by atoms with Gasteiger partial charge >= 0.3 is 0 Å². The Morgan fingerprint density at radius 3 is 2.64 bits per heavy atom. The number of hydrogen-bond donors (Lipinski definition) is 2. The number of rotatable bonds is 5. The van der Waals surface area contributed by atoms with Crippen LogP contribution < -0.4 is 15.5 Å². The van der Waals surface area contributed by atoms with Crippen molar-refractivity contribution in [2.75, 3.05) is 5.32 Å². The SMILES string of the molecule is CC(C)Oc1cccc(/C=N/NC(=S)Nc2ccccc2)c1. The number of para-hydroxylation sites is 1. The molecule has 0 bridgehead atoms. The largest absolute Gasteiger partial charge is 0.491 e. The van der Waals surface area contributed by atoms with E-state index in [1.165, 1.54) is 0 Å². The average molecular weight is 313 g/mol. The van der Waals surface area contributed by atoms with Crippen molar-refractivity contribution in [3.05, 3.63) is 60.2 Å². The van der Waals surface area contributed by atoms with Crippen molar-refractivity contribution >= 4 is 29.2 Å². The number of anilines is 1. The van der Waals surface area contributed by atoms with Crippen LogP contribution in [-0.2, 0) is 0 Å². The first-order valence-corrected chi connectivity index (χ1v) is 7.46. The maximum Gasteiger partial charge on any atom is 0.191 e. The number of nitrogens with one attached hydrogen (secondary N) is 2. The third kappa shape index (κ3) is 5.54. The second kappa shape index (κ2) is 8.14. The fourth-order valence-electron chi connectivity index (χ4n) is 1.79. The number of hydrazone groups is 1.